The van der Waals surface area contributed by atoms with Crippen LogP contribution in [0.25, 0.3) is 0 Å². The molecule has 0 N–H and O–H groups in total. The fraction of sp³-hybridized carbons (Fsp3) is 0.600. The van der Waals surface area contributed by atoms with E-state index >= 15 is 0 Å². The third-order valence-corrected chi connectivity index (χ3v) is 8.92. The highest BCUT2D eigenvalue weighted by molar-refractivity contribution is 8.23. The van der Waals surface area contributed by atoms with Crippen molar-refractivity contribution in [2.45, 2.75) is 44.4 Å². The molecule has 0 bridgehead atoms. The highest BCUT2D eigenvalue weighted by Gasteiger charge is 2.29. The molecule has 2 aliphatic rings. The summed E-state index contributed by atoms with van der Waals surface area (Å²) in [5, 5.41) is 0. The van der Waals surface area contributed by atoms with Crippen LogP contribution in [0, 0.1) is 0 Å². The van der Waals surface area contributed by atoms with Crippen molar-refractivity contribution in [2.24, 2.45) is 0 Å². The van der Waals surface area contributed by atoms with Crippen molar-refractivity contribution in [3.05, 3.63) is 23.8 Å². The average Bonchev–Trinajstić information content (AvgIpc) is 3.28. The van der Waals surface area contributed by atoms with E-state index in [-0.39, 0.29) is 5.91 Å². The first-order chi connectivity index (χ1) is 13.9. The minimum absolute atomic E-state index is 0.0145. The molecule has 2 heterocycles. The van der Waals surface area contributed by atoms with Gasteiger partial charge in [-0.25, -0.2) is 8.42 Å². The third kappa shape index (κ3) is 4.95. The predicted molar refractivity (Wildman–Crippen MR) is 123 cm³/mol. The summed E-state index contributed by atoms with van der Waals surface area (Å²) < 4.78 is 28.0. The van der Waals surface area contributed by atoms with Gasteiger partial charge in [0.2, 0.25) is 15.9 Å². The molecule has 1 amide bonds. The molecule has 9 heteroatoms. The van der Waals surface area contributed by atoms with Gasteiger partial charge in [-0.1, -0.05) is 24.0 Å². The molecule has 0 aromatic heterocycles. The molecule has 3 rings (SSSR count). The largest absolute Gasteiger partial charge is 0.358 e. The number of benzene rings is 1. The van der Waals surface area contributed by atoms with Crippen LogP contribution in [0.5, 0.6) is 0 Å². The lowest BCUT2D eigenvalue weighted by molar-refractivity contribution is -0.116. The summed E-state index contributed by atoms with van der Waals surface area (Å²) >= 11 is 6.83. The Morgan fingerprint density at radius 3 is 2.48 bits per heavy atom. The molecule has 1 aromatic carbocycles. The average molecular weight is 456 g/mol. The van der Waals surface area contributed by atoms with Crippen molar-refractivity contribution < 1.29 is 13.2 Å². The third-order valence-electron chi connectivity index (χ3n) is 5.51. The molecule has 0 aliphatic carbocycles. The summed E-state index contributed by atoms with van der Waals surface area (Å²) in [6, 6.07) is 5.20. The molecule has 160 valence electrons. The number of thioether (sulfide) groups is 1. The molecule has 0 spiro atoms. The van der Waals surface area contributed by atoms with Crippen LogP contribution in [0.4, 0.5) is 5.69 Å². The van der Waals surface area contributed by atoms with Gasteiger partial charge in [-0.2, -0.15) is 4.31 Å². The van der Waals surface area contributed by atoms with Gasteiger partial charge in [0.1, 0.15) is 4.32 Å². The van der Waals surface area contributed by atoms with Gasteiger partial charge < -0.3 is 9.80 Å². The van der Waals surface area contributed by atoms with E-state index in [0.29, 0.717) is 30.3 Å². The van der Waals surface area contributed by atoms with Gasteiger partial charge in [0, 0.05) is 38.4 Å². The second-order valence-corrected chi connectivity index (χ2v) is 10.8. The second kappa shape index (κ2) is 9.76. The van der Waals surface area contributed by atoms with E-state index in [1.165, 1.54) is 11.8 Å². The van der Waals surface area contributed by atoms with E-state index in [4.69, 9.17) is 12.2 Å². The Balaban J connectivity index is 1.73. The topological polar surface area (TPSA) is 60.9 Å². The smallest absolute Gasteiger partial charge is 0.243 e. The van der Waals surface area contributed by atoms with Gasteiger partial charge in [-0.3, -0.25) is 4.79 Å². The number of carbonyl (C=O) groups is 1. The minimum Gasteiger partial charge on any atom is -0.358 e. The van der Waals surface area contributed by atoms with Crippen LogP contribution in [-0.2, 0) is 21.2 Å². The Kier molecular flexibility index (Phi) is 7.58. The van der Waals surface area contributed by atoms with Crippen LogP contribution in [-0.4, -0.2) is 66.3 Å². The number of amides is 1. The molecule has 0 saturated carbocycles. The molecule has 1 fully saturated rings. The Morgan fingerprint density at radius 2 is 1.83 bits per heavy atom. The zero-order valence-corrected chi connectivity index (χ0v) is 19.5. The van der Waals surface area contributed by atoms with E-state index < -0.39 is 10.0 Å². The maximum absolute atomic E-state index is 12.9. The highest BCUT2D eigenvalue weighted by atomic mass is 32.2. The van der Waals surface area contributed by atoms with Crippen molar-refractivity contribution in [3.8, 4) is 0 Å². The highest BCUT2D eigenvalue weighted by Crippen LogP contribution is 2.31. The quantitative estimate of drug-likeness (QED) is 0.615. The first-order valence-corrected chi connectivity index (χ1v) is 13.1. The molecular formula is C20H29N3O3S3. The van der Waals surface area contributed by atoms with E-state index in [9.17, 15) is 13.2 Å². The number of hydrogen-bond donors (Lipinski definition) is 0. The Bertz CT molecular complexity index is 863. The van der Waals surface area contributed by atoms with Crippen LogP contribution in [0.15, 0.2) is 23.1 Å². The van der Waals surface area contributed by atoms with Crippen LogP contribution in [0.2, 0.25) is 0 Å². The molecule has 6 nitrogen and oxygen atoms in total. The predicted octanol–water partition coefficient (Wildman–Crippen LogP) is 3.11. The van der Waals surface area contributed by atoms with E-state index in [2.05, 4.69) is 4.90 Å². The molecule has 0 atom stereocenters. The number of aryl methyl sites for hydroxylation is 1. The lowest BCUT2D eigenvalue weighted by Gasteiger charge is -2.30. The van der Waals surface area contributed by atoms with Gasteiger partial charge in [0.25, 0.3) is 0 Å². The zero-order valence-electron chi connectivity index (χ0n) is 17.1. The lowest BCUT2D eigenvalue weighted by atomic mass is 10.0. The van der Waals surface area contributed by atoms with Crippen molar-refractivity contribution in [1.29, 1.82) is 0 Å². The Labute approximate surface area is 183 Å². The van der Waals surface area contributed by atoms with Crippen molar-refractivity contribution in [3.63, 3.8) is 0 Å². The molecule has 1 aromatic rings. The van der Waals surface area contributed by atoms with E-state index in [0.717, 1.165) is 54.3 Å². The zero-order chi connectivity index (χ0) is 21.0. The molecule has 2 aliphatic heterocycles. The fourth-order valence-corrected chi connectivity index (χ4v) is 6.69. The number of nitrogens with zero attached hydrogens (tertiary/aromatic N) is 3. The normalized spacial score (nSPS) is 17.2. The molecule has 0 radical (unpaired) electrons. The monoisotopic (exact) mass is 455 g/mol. The Morgan fingerprint density at radius 1 is 1.14 bits per heavy atom. The number of carbonyl (C=O) groups excluding carboxylic acids is 1. The maximum Gasteiger partial charge on any atom is 0.243 e. The number of fused-ring (bicyclic) bond motifs is 1. The second-order valence-electron chi connectivity index (χ2n) is 7.28. The van der Waals surface area contributed by atoms with Gasteiger partial charge in [-0.15, -0.1) is 0 Å². The number of hydrogen-bond acceptors (Lipinski definition) is 5. The first kappa shape index (κ1) is 22.5. The molecule has 29 heavy (non-hydrogen) atoms. The van der Waals surface area contributed by atoms with Gasteiger partial charge >= 0.3 is 0 Å². The maximum atomic E-state index is 12.9. The molecule has 1 saturated heterocycles. The van der Waals surface area contributed by atoms with Crippen molar-refractivity contribution >= 4 is 49.9 Å². The summed E-state index contributed by atoms with van der Waals surface area (Å²) in [6.45, 7) is 7.60. The summed E-state index contributed by atoms with van der Waals surface area (Å²) in [4.78, 5) is 17.0. The summed E-state index contributed by atoms with van der Waals surface area (Å²) in [5.41, 5.74) is 1.76. The number of rotatable bonds is 6. The van der Waals surface area contributed by atoms with Crippen LogP contribution in [0.1, 0.15) is 38.7 Å². The number of sulfonamides is 1. The van der Waals surface area contributed by atoms with Gasteiger partial charge in [0.05, 0.1) is 10.6 Å². The fourth-order valence-electron chi connectivity index (χ4n) is 3.85. The molecule has 0 unspecified atom stereocenters. The SMILES string of the molecule is CCN(CC)C(=S)SCC(=O)N1CCCc2cc(S(=O)(=O)N3CCCC3)ccc21. The van der Waals surface area contributed by atoms with Crippen molar-refractivity contribution in [2.75, 3.05) is 43.4 Å². The van der Waals surface area contributed by atoms with E-state index in [1.54, 1.807) is 27.4 Å². The van der Waals surface area contributed by atoms with Crippen LogP contribution in [0.3, 0.4) is 0 Å². The summed E-state index contributed by atoms with van der Waals surface area (Å²) in [7, 11) is -3.44. The van der Waals surface area contributed by atoms with Gasteiger partial charge in [0.15, 0.2) is 0 Å². The first-order valence-electron chi connectivity index (χ1n) is 10.2. The van der Waals surface area contributed by atoms with E-state index in [1.807, 2.05) is 13.8 Å². The van der Waals surface area contributed by atoms with Gasteiger partial charge in [-0.05, 0) is 63.3 Å². The number of anilines is 1. The number of thiocarbonyl (C=S) groups is 1. The van der Waals surface area contributed by atoms with Crippen LogP contribution >= 0.6 is 24.0 Å². The molecular weight excluding hydrogens is 426 g/mol. The summed E-state index contributed by atoms with van der Waals surface area (Å²) in [6.07, 6.45) is 3.45. The summed E-state index contributed by atoms with van der Waals surface area (Å²) in [5.74, 6) is 0.309. The van der Waals surface area contributed by atoms with Crippen molar-refractivity contribution in [1.82, 2.24) is 9.21 Å². The lowest BCUT2D eigenvalue weighted by Crippen LogP contribution is -2.38. The Hall–Kier alpha value is -1.16. The standard InChI is InChI=1S/C20H29N3O3S3/c1-3-21(4-2)20(27)28-15-19(24)23-13-7-8-16-14-17(9-10-18(16)23)29(25,26)22-11-5-6-12-22/h9-10,14H,3-8,11-13,15H2,1-2H3. The minimum atomic E-state index is -3.44. The van der Waals surface area contributed by atoms with Crippen LogP contribution < -0.4 is 4.90 Å².